The van der Waals surface area contributed by atoms with Crippen molar-refractivity contribution in [1.29, 1.82) is 0 Å². The number of methoxy groups -OCH3 is 1. The highest BCUT2D eigenvalue weighted by molar-refractivity contribution is 6.00. The second-order valence-electron chi connectivity index (χ2n) is 12.3. The summed E-state index contributed by atoms with van der Waals surface area (Å²) >= 11 is 0. The largest absolute Gasteiger partial charge is 0.384 e. The second kappa shape index (κ2) is 13.4. The molecule has 0 spiro atoms. The van der Waals surface area contributed by atoms with Crippen molar-refractivity contribution in [2.75, 3.05) is 51.8 Å². The average Bonchev–Trinajstić information content (AvgIpc) is 3.74. The minimum Gasteiger partial charge on any atom is -0.384 e. The van der Waals surface area contributed by atoms with Gasteiger partial charge in [0, 0.05) is 67.5 Å². The molecule has 48 heavy (non-hydrogen) atoms. The van der Waals surface area contributed by atoms with Crippen LogP contribution in [0, 0.1) is 11.4 Å². The number of aromatic amines is 1. The molecule has 2 aliphatic rings. The van der Waals surface area contributed by atoms with Crippen LogP contribution >= 0.6 is 0 Å². The maximum Gasteiger partial charge on any atom is 0.237 e. The Balaban J connectivity index is 0.974. The summed E-state index contributed by atoms with van der Waals surface area (Å²) < 4.78 is 18.9. The maximum atomic E-state index is 13.8. The van der Waals surface area contributed by atoms with Crippen molar-refractivity contribution < 1.29 is 18.7 Å². The lowest BCUT2D eigenvalue weighted by atomic mass is 9.87. The van der Waals surface area contributed by atoms with Crippen LogP contribution < -0.4 is 5.32 Å². The lowest BCUT2D eigenvalue weighted by Crippen LogP contribution is -2.45. The molecule has 2 N–H and O–H groups in total. The van der Waals surface area contributed by atoms with Gasteiger partial charge in [-0.15, -0.1) is 0 Å². The lowest BCUT2D eigenvalue weighted by Gasteiger charge is -2.30. The second-order valence-corrected chi connectivity index (χ2v) is 12.3. The molecule has 0 aliphatic carbocycles. The number of ether oxygens (including phenoxy) is 1. The lowest BCUT2D eigenvalue weighted by molar-refractivity contribution is -0.133. The summed E-state index contributed by atoms with van der Waals surface area (Å²) in [5, 5.41) is 11.2. The van der Waals surface area contributed by atoms with Gasteiger partial charge in [0.15, 0.2) is 5.82 Å². The molecule has 12 heteroatoms. The molecule has 1 saturated heterocycles. The standard InChI is InChI=1S/C36H35FN8O3/c1-48-23-36(35(47)41-28-8-9-30-29(19-28)33(43-42-30)27-7-10-31(37)40-20-27)13-18-44(22-36)21-32(46)45-16-11-25(12-17-45)24-3-5-26(6-4-24)34-38-14-2-15-39-34/h2-11,14-15,19-20H,12-13,16-18,21-23H2,1H3,(H,41,47)(H,42,43)/t36-/m1/s1. The first-order valence-corrected chi connectivity index (χ1v) is 15.9. The summed E-state index contributed by atoms with van der Waals surface area (Å²) in [6.07, 6.45) is 8.34. The van der Waals surface area contributed by atoms with Crippen molar-refractivity contribution in [2.24, 2.45) is 5.41 Å². The van der Waals surface area contributed by atoms with E-state index >= 15 is 0 Å². The molecule has 244 valence electrons. The van der Waals surface area contributed by atoms with Crippen molar-refractivity contribution in [3.8, 4) is 22.6 Å². The van der Waals surface area contributed by atoms with E-state index in [-0.39, 0.29) is 25.0 Å². The summed E-state index contributed by atoms with van der Waals surface area (Å²) in [4.78, 5) is 43.5. The Labute approximate surface area is 276 Å². The maximum absolute atomic E-state index is 13.8. The van der Waals surface area contributed by atoms with Crippen LogP contribution in [0.1, 0.15) is 18.4 Å². The third-order valence-corrected chi connectivity index (χ3v) is 9.16. The molecule has 2 amide bonds. The number of nitrogens with one attached hydrogen (secondary N) is 2. The smallest absolute Gasteiger partial charge is 0.237 e. The number of anilines is 1. The van der Waals surface area contributed by atoms with E-state index in [0.717, 1.165) is 28.5 Å². The zero-order chi connectivity index (χ0) is 33.1. The zero-order valence-electron chi connectivity index (χ0n) is 26.5. The van der Waals surface area contributed by atoms with Gasteiger partial charge in [-0.05, 0) is 66.9 Å². The number of carbonyl (C=O) groups is 2. The summed E-state index contributed by atoms with van der Waals surface area (Å²) in [5.74, 6) is 0.00575. The minimum atomic E-state index is -0.810. The number of pyridine rings is 1. The average molecular weight is 647 g/mol. The Bertz CT molecular complexity index is 1960. The van der Waals surface area contributed by atoms with E-state index in [2.05, 4.69) is 48.7 Å². The van der Waals surface area contributed by atoms with Crippen LogP contribution in [-0.4, -0.2) is 93.2 Å². The number of fused-ring (bicyclic) bond motifs is 1. The fourth-order valence-corrected chi connectivity index (χ4v) is 6.56. The van der Waals surface area contributed by atoms with Crippen LogP contribution in [0.15, 0.2) is 85.3 Å². The molecular formula is C36H35FN8O3. The van der Waals surface area contributed by atoms with Gasteiger partial charge in [0.2, 0.25) is 17.8 Å². The first kappa shape index (κ1) is 31.3. The predicted octanol–water partition coefficient (Wildman–Crippen LogP) is 4.81. The topological polar surface area (TPSA) is 129 Å². The number of aromatic nitrogens is 5. The van der Waals surface area contributed by atoms with E-state index in [0.29, 0.717) is 55.4 Å². The van der Waals surface area contributed by atoms with Crippen molar-refractivity contribution >= 4 is 34.0 Å². The number of H-pyrrole nitrogens is 1. The van der Waals surface area contributed by atoms with Crippen LogP contribution in [-0.2, 0) is 14.3 Å². The van der Waals surface area contributed by atoms with E-state index in [1.54, 1.807) is 31.6 Å². The van der Waals surface area contributed by atoms with Gasteiger partial charge in [-0.25, -0.2) is 15.0 Å². The fraction of sp³-hybridized carbons (Fsp3) is 0.278. The number of hydrogen-bond donors (Lipinski definition) is 2. The number of carbonyl (C=O) groups excluding carboxylic acids is 2. The van der Waals surface area contributed by atoms with Gasteiger partial charge in [0.1, 0.15) is 5.69 Å². The van der Waals surface area contributed by atoms with E-state index in [9.17, 15) is 14.0 Å². The minimum absolute atomic E-state index is 0.0451. The fourth-order valence-electron chi connectivity index (χ4n) is 6.56. The molecular weight excluding hydrogens is 611 g/mol. The van der Waals surface area contributed by atoms with Crippen LogP contribution in [0.2, 0.25) is 0 Å². The molecule has 5 aromatic rings. The van der Waals surface area contributed by atoms with Crippen molar-refractivity contribution in [2.45, 2.75) is 12.8 Å². The molecule has 0 saturated carbocycles. The molecule has 7 rings (SSSR count). The quantitative estimate of drug-likeness (QED) is 0.218. The highest BCUT2D eigenvalue weighted by Gasteiger charge is 2.45. The molecule has 0 bridgehead atoms. The third-order valence-electron chi connectivity index (χ3n) is 9.16. The van der Waals surface area contributed by atoms with Crippen LogP contribution in [0.5, 0.6) is 0 Å². The van der Waals surface area contributed by atoms with Gasteiger partial charge in [0.25, 0.3) is 0 Å². The number of rotatable bonds is 9. The first-order valence-electron chi connectivity index (χ1n) is 15.9. The number of nitrogens with zero attached hydrogens (tertiary/aromatic N) is 6. The van der Waals surface area contributed by atoms with Gasteiger partial charge in [0.05, 0.1) is 24.1 Å². The molecule has 5 heterocycles. The molecule has 1 atom stereocenters. The highest BCUT2D eigenvalue weighted by atomic mass is 19.1. The number of benzene rings is 2. The molecule has 0 radical (unpaired) electrons. The monoisotopic (exact) mass is 646 g/mol. The Hall–Kier alpha value is -5.33. The Morgan fingerprint density at radius 3 is 2.52 bits per heavy atom. The molecule has 2 aliphatic heterocycles. The SMILES string of the molecule is COC[C@@]1(C(=O)Nc2ccc3[nH]nc(-c4ccc(F)nc4)c3c2)CCN(CC(=O)N2CC=C(c3ccc(-c4ncccn4)cc3)CC2)C1. The van der Waals surface area contributed by atoms with Crippen molar-refractivity contribution in [3.05, 3.63) is 96.8 Å². The number of hydrogen-bond acceptors (Lipinski definition) is 8. The van der Waals surface area contributed by atoms with Gasteiger partial charge < -0.3 is 15.0 Å². The third kappa shape index (κ3) is 6.44. The summed E-state index contributed by atoms with van der Waals surface area (Å²) in [6, 6.07) is 18.4. The van der Waals surface area contributed by atoms with Crippen LogP contribution in [0.25, 0.3) is 39.1 Å². The summed E-state index contributed by atoms with van der Waals surface area (Å²) in [5.41, 5.74) is 5.15. The van der Waals surface area contributed by atoms with E-state index < -0.39 is 11.4 Å². The van der Waals surface area contributed by atoms with Crippen molar-refractivity contribution in [3.63, 3.8) is 0 Å². The summed E-state index contributed by atoms with van der Waals surface area (Å²) in [6.45, 7) is 2.67. The molecule has 3 aromatic heterocycles. The first-order chi connectivity index (χ1) is 23.4. The van der Waals surface area contributed by atoms with Crippen molar-refractivity contribution in [1.82, 2.24) is 34.9 Å². The summed E-state index contributed by atoms with van der Waals surface area (Å²) in [7, 11) is 1.59. The number of likely N-dealkylation sites (tertiary alicyclic amines) is 1. The van der Waals surface area contributed by atoms with E-state index in [4.69, 9.17) is 4.74 Å². The van der Waals surface area contributed by atoms with Gasteiger partial charge in [-0.2, -0.15) is 9.49 Å². The zero-order valence-corrected chi connectivity index (χ0v) is 26.5. The number of amides is 2. The van der Waals surface area contributed by atoms with Gasteiger partial charge in [-0.1, -0.05) is 30.3 Å². The van der Waals surface area contributed by atoms with Crippen LogP contribution in [0.3, 0.4) is 0 Å². The Morgan fingerprint density at radius 1 is 1.00 bits per heavy atom. The molecule has 11 nitrogen and oxygen atoms in total. The van der Waals surface area contributed by atoms with Crippen LogP contribution in [0.4, 0.5) is 10.1 Å². The Morgan fingerprint density at radius 2 is 1.79 bits per heavy atom. The molecule has 2 aromatic carbocycles. The highest BCUT2D eigenvalue weighted by Crippen LogP contribution is 2.34. The number of halogens is 1. The van der Waals surface area contributed by atoms with Gasteiger partial charge in [-0.3, -0.25) is 19.6 Å². The van der Waals surface area contributed by atoms with E-state index in [1.165, 1.54) is 17.8 Å². The normalized spacial score (nSPS) is 18.2. The molecule has 1 fully saturated rings. The van der Waals surface area contributed by atoms with Gasteiger partial charge >= 0.3 is 0 Å². The van der Waals surface area contributed by atoms with E-state index in [1.807, 2.05) is 40.1 Å². The predicted molar refractivity (Wildman–Crippen MR) is 180 cm³/mol. The molecule has 0 unspecified atom stereocenters. The Kier molecular flexibility index (Phi) is 8.74.